The van der Waals surface area contributed by atoms with Crippen LogP contribution in [0, 0.1) is 0 Å². The zero-order valence-corrected chi connectivity index (χ0v) is 10.6. The van der Waals surface area contributed by atoms with Crippen LogP contribution in [0.25, 0.3) is 0 Å². The van der Waals surface area contributed by atoms with Gasteiger partial charge in [0.2, 0.25) is 0 Å². The van der Waals surface area contributed by atoms with Crippen LogP contribution < -0.4 is 0 Å². The van der Waals surface area contributed by atoms with Crippen LogP contribution in [0.5, 0.6) is 0 Å². The van der Waals surface area contributed by atoms with Gasteiger partial charge in [0.25, 0.3) is 0 Å². The van der Waals surface area contributed by atoms with Gasteiger partial charge in [0.1, 0.15) is 4.32 Å². The van der Waals surface area contributed by atoms with E-state index in [-0.39, 0.29) is 0 Å². The van der Waals surface area contributed by atoms with Gasteiger partial charge in [-0.05, 0) is 19.1 Å². The Kier molecular flexibility index (Phi) is 8.98. The summed E-state index contributed by atoms with van der Waals surface area (Å²) in [5, 5.41) is 0. The molecule has 3 heteroatoms. The Morgan fingerprint density at radius 3 is 1.92 bits per heavy atom. The molecule has 0 aromatic rings. The number of hydrogen-bond acceptors (Lipinski definition) is 2. The first-order chi connectivity index (χ1) is 6.26. The fraction of sp³-hybridized carbons (Fsp3) is 0.900. The lowest BCUT2D eigenvalue weighted by molar-refractivity contribution is 0.411. The molecular formula is C10H21NS2. The predicted octanol–water partition coefficient (Wildman–Crippen LogP) is 3.54. The summed E-state index contributed by atoms with van der Waals surface area (Å²) in [5.74, 6) is 0. The van der Waals surface area contributed by atoms with Gasteiger partial charge in [0, 0.05) is 13.1 Å². The van der Waals surface area contributed by atoms with Crippen LogP contribution in [-0.2, 0) is 0 Å². The molecule has 0 radical (unpaired) electrons. The van der Waals surface area contributed by atoms with Crippen molar-refractivity contribution in [3.8, 4) is 0 Å². The maximum atomic E-state index is 5.29. The SMILES string of the molecule is CCCCN(CCCC)C(=S)SC. The van der Waals surface area contributed by atoms with Gasteiger partial charge in [-0.15, -0.1) is 11.8 Å². The molecule has 0 spiro atoms. The Bertz CT molecular complexity index is 129. The smallest absolute Gasteiger partial charge is 0.136 e. The molecule has 0 aliphatic carbocycles. The van der Waals surface area contributed by atoms with Gasteiger partial charge >= 0.3 is 0 Å². The van der Waals surface area contributed by atoms with Crippen LogP contribution in [0.1, 0.15) is 39.5 Å². The third-order valence-corrected chi connectivity index (χ3v) is 3.36. The molecular weight excluding hydrogens is 198 g/mol. The zero-order valence-electron chi connectivity index (χ0n) is 9.01. The summed E-state index contributed by atoms with van der Waals surface area (Å²) in [4.78, 5) is 2.34. The Morgan fingerprint density at radius 1 is 1.15 bits per heavy atom. The van der Waals surface area contributed by atoms with Crippen molar-refractivity contribution in [3.05, 3.63) is 0 Å². The van der Waals surface area contributed by atoms with Crippen LogP contribution in [-0.4, -0.2) is 28.6 Å². The lowest BCUT2D eigenvalue weighted by atomic mass is 10.3. The molecule has 0 rings (SSSR count). The zero-order chi connectivity index (χ0) is 10.1. The molecule has 0 N–H and O–H groups in total. The molecule has 0 atom stereocenters. The van der Waals surface area contributed by atoms with Crippen LogP contribution in [0.15, 0.2) is 0 Å². The minimum Gasteiger partial charge on any atom is -0.358 e. The highest BCUT2D eigenvalue weighted by Crippen LogP contribution is 2.08. The molecule has 13 heavy (non-hydrogen) atoms. The number of thiocarbonyl (C=S) groups is 1. The predicted molar refractivity (Wildman–Crippen MR) is 67.5 cm³/mol. The minimum absolute atomic E-state index is 1.06. The Morgan fingerprint density at radius 2 is 1.62 bits per heavy atom. The summed E-state index contributed by atoms with van der Waals surface area (Å²) in [6, 6.07) is 0. The van der Waals surface area contributed by atoms with Crippen molar-refractivity contribution in [1.29, 1.82) is 0 Å². The van der Waals surface area contributed by atoms with E-state index in [4.69, 9.17) is 12.2 Å². The molecule has 0 bridgehead atoms. The summed E-state index contributed by atoms with van der Waals surface area (Å²) in [6.45, 7) is 6.71. The number of nitrogens with zero attached hydrogens (tertiary/aromatic N) is 1. The first kappa shape index (κ1) is 13.2. The van der Waals surface area contributed by atoms with Gasteiger partial charge in [-0.1, -0.05) is 38.9 Å². The lowest BCUT2D eigenvalue weighted by Gasteiger charge is -2.23. The van der Waals surface area contributed by atoms with Crippen LogP contribution in [0.2, 0.25) is 0 Å². The summed E-state index contributed by atoms with van der Waals surface area (Å²) in [5.41, 5.74) is 0. The van der Waals surface area contributed by atoms with Gasteiger partial charge in [-0.25, -0.2) is 0 Å². The van der Waals surface area contributed by atoms with Crippen LogP contribution >= 0.6 is 24.0 Å². The average molecular weight is 219 g/mol. The van der Waals surface area contributed by atoms with E-state index < -0.39 is 0 Å². The van der Waals surface area contributed by atoms with Crippen LogP contribution in [0.3, 0.4) is 0 Å². The van der Waals surface area contributed by atoms with E-state index in [0.717, 1.165) is 17.4 Å². The largest absolute Gasteiger partial charge is 0.358 e. The second-order valence-electron chi connectivity index (χ2n) is 3.16. The van der Waals surface area contributed by atoms with Gasteiger partial charge in [-0.3, -0.25) is 0 Å². The highest BCUT2D eigenvalue weighted by molar-refractivity contribution is 8.22. The molecule has 78 valence electrons. The van der Waals surface area contributed by atoms with Crippen molar-refractivity contribution in [2.24, 2.45) is 0 Å². The van der Waals surface area contributed by atoms with Gasteiger partial charge in [-0.2, -0.15) is 0 Å². The molecule has 0 amide bonds. The van der Waals surface area contributed by atoms with E-state index in [0.29, 0.717) is 0 Å². The molecule has 0 fully saturated rings. The quantitative estimate of drug-likeness (QED) is 0.629. The molecule has 0 heterocycles. The van der Waals surface area contributed by atoms with Gasteiger partial charge in [0.15, 0.2) is 0 Å². The van der Waals surface area contributed by atoms with E-state index in [1.165, 1.54) is 25.7 Å². The maximum absolute atomic E-state index is 5.29. The molecule has 0 aromatic heterocycles. The Labute approximate surface area is 92.3 Å². The van der Waals surface area contributed by atoms with Crippen molar-refractivity contribution in [3.63, 3.8) is 0 Å². The first-order valence-corrected chi connectivity index (χ1v) is 6.72. The highest BCUT2D eigenvalue weighted by Gasteiger charge is 2.06. The van der Waals surface area contributed by atoms with Gasteiger partial charge in [0.05, 0.1) is 0 Å². The number of hydrogen-bond donors (Lipinski definition) is 0. The number of unbranched alkanes of at least 4 members (excludes halogenated alkanes) is 2. The maximum Gasteiger partial charge on any atom is 0.136 e. The normalized spacial score (nSPS) is 10.1. The van der Waals surface area contributed by atoms with Gasteiger partial charge < -0.3 is 4.90 Å². The monoisotopic (exact) mass is 219 g/mol. The molecule has 0 saturated carbocycles. The van der Waals surface area contributed by atoms with Crippen molar-refractivity contribution in [2.45, 2.75) is 39.5 Å². The topological polar surface area (TPSA) is 3.24 Å². The summed E-state index contributed by atoms with van der Waals surface area (Å²) >= 11 is 6.98. The Hall–Kier alpha value is 0.240. The third kappa shape index (κ3) is 6.33. The van der Waals surface area contributed by atoms with E-state index >= 15 is 0 Å². The van der Waals surface area contributed by atoms with E-state index in [1.54, 1.807) is 11.8 Å². The number of rotatable bonds is 6. The standard InChI is InChI=1S/C10H21NS2/c1-4-6-8-11(9-7-5-2)10(12)13-3/h4-9H2,1-3H3. The van der Waals surface area contributed by atoms with Crippen molar-refractivity contribution >= 4 is 28.3 Å². The number of thioether (sulfide) groups is 1. The molecule has 0 aliphatic rings. The highest BCUT2D eigenvalue weighted by atomic mass is 32.2. The lowest BCUT2D eigenvalue weighted by Crippen LogP contribution is -2.29. The van der Waals surface area contributed by atoms with Crippen molar-refractivity contribution in [1.82, 2.24) is 4.90 Å². The molecule has 0 aliphatic heterocycles. The first-order valence-electron chi connectivity index (χ1n) is 5.09. The van der Waals surface area contributed by atoms with E-state index in [2.05, 4.69) is 25.0 Å². The Balaban J connectivity index is 3.79. The molecule has 0 saturated heterocycles. The minimum atomic E-state index is 1.06. The summed E-state index contributed by atoms with van der Waals surface area (Å²) in [6.07, 6.45) is 7.07. The summed E-state index contributed by atoms with van der Waals surface area (Å²) in [7, 11) is 0. The second-order valence-corrected chi connectivity index (χ2v) is 4.60. The molecule has 1 nitrogen and oxygen atoms in total. The molecule has 0 unspecified atom stereocenters. The van der Waals surface area contributed by atoms with Crippen molar-refractivity contribution < 1.29 is 0 Å². The third-order valence-electron chi connectivity index (χ3n) is 2.00. The fourth-order valence-corrected chi connectivity index (χ4v) is 1.74. The molecule has 0 aromatic carbocycles. The van der Waals surface area contributed by atoms with E-state index in [1.807, 2.05) is 0 Å². The van der Waals surface area contributed by atoms with Crippen LogP contribution in [0.4, 0.5) is 0 Å². The fourth-order valence-electron chi connectivity index (χ4n) is 1.12. The van der Waals surface area contributed by atoms with Crippen molar-refractivity contribution in [2.75, 3.05) is 19.3 Å². The summed E-state index contributed by atoms with van der Waals surface area (Å²) < 4.78 is 1.06. The second kappa shape index (κ2) is 8.82. The average Bonchev–Trinajstić information content (AvgIpc) is 2.17. The van der Waals surface area contributed by atoms with E-state index in [9.17, 15) is 0 Å².